The second-order valence-electron chi connectivity index (χ2n) is 7.43. The zero-order valence-corrected chi connectivity index (χ0v) is 19.7. The third-order valence-corrected chi connectivity index (χ3v) is 6.69. The third kappa shape index (κ3) is 5.86. The minimum Gasteiger partial charge on any atom is -0.506 e. The predicted octanol–water partition coefficient (Wildman–Crippen LogP) is 4.52. The molecule has 0 aliphatic rings. The number of nitrogen functional groups attached to an aromatic ring is 1. The number of benzene rings is 3. The van der Waals surface area contributed by atoms with Crippen molar-refractivity contribution in [3.8, 4) is 17.6 Å². The molecule has 0 spiro atoms. The average molecular weight is 491 g/mol. The first-order valence-electron chi connectivity index (χ1n) is 10.3. The van der Waals surface area contributed by atoms with E-state index in [4.69, 9.17) is 5.73 Å². The molecule has 5 N–H and O–H groups in total. The summed E-state index contributed by atoms with van der Waals surface area (Å²) >= 11 is 1.31. The number of nitrogens with two attached hydrogens (primary N) is 1. The van der Waals surface area contributed by atoms with Gasteiger partial charge in [-0.2, -0.15) is 0 Å². The fourth-order valence-corrected chi connectivity index (χ4v) is 4.61. The van der Waals surface area contributed by atoms with Crippen LogP contribution in [0, 0.1) is 11.8 Å². The summed E-state index contributed by atoms with van der Waals surface area (Å²) in [7, 11) is -3.51. The van der Waals surface area contributed by atoms with Crippen molar-refractivity contribution in [1.29, 1.82) is 0 Å². The van der Waals surface area contributed by atoms with Gasteiger partial charge in [0.15, 0.2) is 5.13 Å². The molecule has 0 atom stereocenters. The molecule has 0 saturated carbocycles. The highest BCUT2D eigenvalue weighted by Crippen LogP contribution is 2.31. The van der Waals surface area contributed by atoms with E-state index in [1.54, 1.807) is 18.2 Å². The van der Waals surface area contributed by atoms with Gasteiger partial charge in [0.1, 0.15) is 11.3 Å². The van der Waals surface area contributed by atoms with Gasteiger partial charge in [-0.1, -0.05) is 54.0 Å². The monoisotopic (exact) mass is 490 g/mol. The molecule has 4 rings (SSSR count). The normalized spacial score (nSPS) is 10.9. The first-order chi connectivity index (χ1) is 16.3. The first-order valence-corrected chi connectivity index (χ1v) is 12.6. The summed E-state index contributed by atoms with van der Waals surface area (Å²) in [5.41, 5.74) is 10.5. The van der Waals surface area contributed by atoms with Gasteiger partial charge in [-0.05, 0) is 53.9 Å². The molecule has 0 aliphatic carbocycles. The Morgan fingerprint density at radius 1 is 1.06 bits per heavy atom. The number of sulfonamides is 1. The van der Waals surface area contributed by atoms with Crippen LogP contribution < -0.4 is 15.8 Å². The molecule has 172 valence electrons. The minimum absolute atomic E-state index is 0.0750. The van der Waals surface area contributed by atoms with E-state index in [9.17, 15) is 13.5 Å². The summed E-state index contributed by atoms with van der Waals surface area (Å²) in [6.07, 6.45) is 0.725. The van der Waals surface area contributed by atoms with E-state index in [-0.39, 0.29) is 5.75 Å². The Balaban J connectivity index is 1.32. The molecule has 0 saturated heterocycles. The van der Waals surface area contributed by atoms with Gasteiger partial charge < -0.3 is 16.2 Å². The van der Waals surface area contributed by atoms with Gasteiger partial charge in [0.2, 0.25) is 0 Å². The number of nitrogens with zero attached hydrogens (tertiary/aromatic N) is 1. The number of hydrogen-bond acceptors (Lipinski definition) is 7. The van der Waals surface area contributed by atoms with Crippen molar-refractivity contribution in [2.24, 2.45) is 0 Å². The first kappa shape index (κ1) is 23.2. The smallest absolute Gasteiger partial charge is 0.254 e. The molecule has 3 aromatic carbocycles. The lowest BCUT2D eigenvalue weighted by Gasteiger charge is -2.07. The summed E-state index contributed by atoms with van der Waals surface area (Å²) in [6.45, 7) is 3.73. The van der Waals surface area contributed by atoms with Crippen LogP contribution in [0.15, 0.2) is 72.7 Å². The van der Waals surface area contributed by atoms with Crippen LogP contribution in [-0.4, -0.2) is 25.1 Å². The maximum absolute atomic E-state index is 11.5. The van der Waals surface area contributed by atoms with E-state index >= 15 is 0 Å². The van der Waals surface area contributed by atoms with Gasteiger partial charge in [-0.15, -0.1) is 0 Å². The molecule has 1 heterocycles. The third-order valence-electron chi connectivity index (χ3n) is 4.90. The van der Waals surface area contributed by atoms with Gasteiger partial charge in [0.25, 0.3) is 10.0 Å². The van der Waals surface area contributed by atoms with Crippen LogP contribution in [0.3, 0.4) is 0 Å². The van der Waals surface area contributed by atoms with E-state index in [0.717, 1.165) is 33.3 Å². The summed E-state index contributed by atoms with van der Waals surface area (Å²) in [5.74, 6) is 6.17. The Morgan fingerprint density at radius 2 is 1.71 bits per heavy atom. The van der Waals surface area contributed by atoms with Crippen molar-refractivity contribution in [2.75, 3.05) is 22.3 Å². The summed E-state index contributed by atoms with van der Waals surface area (Å²) in [4.78, 5) is 4.10. The number of nitrogens with one attached hydrogen (secondary N) is 2. The van der Waals surface area contributed by atoms with E-state index in [1.807, 2.05) is 42.5 Å². The van der Waals surface area contributed by atoms with Gasteiger partial charge in [-0.25, -0.2) is 13.4 Å². The van der Waals surface area contributed by atoms with Crippen molar-refractivity contribution < 1.29 is 13.5 Å². The molecular weight excluding hydrogens is 468 g/mol. The van der Waals surface area contributed by atoms with Crippen molar-refractivity contribution in [1.82, 2.24) is 4.98 Å². The Bertz CT molecular complexity index is 1500. The van der Waals surface area contributed by atoms with Gasteiger partial charge in [0.05, 0.1) is 11.2 Å². The standard InChI is InChI=1S/C25H22N4O3S2/c1-2-34(31,32)29-21-11-7-18(8-12-21)14-17-5-9-20(10-6-17)27-13-3-4-19-15-22(30)24-23(16-19)33-25(26)28-24/h2,5-12,15-16,27,29-30H,1,13-14H2,(H2,26,28). The second-order valence-corrected chi connectivity index (χ2v) is 10.1. The number of aromatic nitrogens is 1. The lowest BCUT2D eigenvalue weighted by atomic mass is 10.0. The van der Waals surface area contributed by atoms with Crippen LogP contribution in [0.25, 0.3) is 10.2 Å². The Kier molecular flexibility index (Phi) is 6.72. The number of thiazole rings is 1. The van der Waals surface area contributed by atoms with Crippen LogP contribution >= 0.6 is 11.3 Å². The quantitative estimate of drug-likeness (QED) is 0.283. The minimum atomic E-state index is -3.51. The molecule has 0 unspecified atom stereocenters. The fourth-order valence-electron chi connectivity index (χ4n) is 3.27. The Hall–Kier alpha value is -4.00. The number of phenols is 1. The number of rotatable bonds is 7. The Morgan fingerprint density at radius 3 is 2.35 bits per heavy atom. The van der Waals surface area contributed by atoms with Gasteiger partial charge in [-0.3, -0.25) is 4.72 Å². The SMILES string of the molecule is C=CS(=O)(=O)Nc1ccc(Cc2ccc(NCC#Cc3cc(O)c4nc(N)sc4c3)cc2)cc1. The zero-order chi connectivity index (χ0) is 24.1. The number of anilines is 3. The highest BCUT2D eigenvalue weighted by atomic mass is 32.2. The lowest BCUT2D eigenvalue weighted by Crippen LogP contribution is -2.08. The largest absolute Gasteiger partial charge is 0.506 e. The van der Waals surface area contributed by atoms with E-state index < -0.39 is 10.0 Å². The highest BCUT2D eigenvalue weighted by molar-refractivity contribution is 7.95. The van der Waals surface area contributed by atoms with Gasteiger partial charge in [0, 0.05) is 22.3 Å². The molecule has 0 amide bonds. The number of aromatic hydroxyl groups is 1. The molecular formula is C25H22N4O3S2. The van der Waals surface area contributed by atoms with Crippen molar-refractivity contribution >= 4 is 48.1 Å². The van der Waals surface area contributed by atoms with Crippen molar-refractivity contribution in [3.05, 3.63) is 89.3 Å². The van der Waals surface area contributed by atoms with Crippen LogP contribution in [0.4, 0.5) is 16.5 Å². The summed E-state index contributed by atoms with van der Waals surface area (Å²) in [6, 6.07) is 18.7. The maximum Gasteiger partial charge on any atom is 0.254 e. The Labute approximate surface area is 202 Å². The fraction of sp³-hybridized carbons (Fsp3) is 0.0800. The molecule has 0 radical (unpaired) electrons. The van der Waals surface area contributed by atoms with Crippen LogP contribution in [0.2, 0.25) is 0 Å². The molecule has 0 bridgehead atoms. The van der Waals surface area contributed by atoms with Gasteiger partial charge >= 0.3 is 0 Å². The molecule has 7 nitrogen and oxygen atoms in total. The molecule has 0 fully saturated rings. The molecule has 1 aromatic heterocycles. The number of phenolic OH excluding ortho intramolecular Hbond substituents is 1. The molecule has 9 heteroatoms. The zero-order valence-electron chi connectivity index (χ0n) is 18.1. The van der Waals surface area contributed by atoms with E-state index in [1.165, 1.54) is 11.3 Å². The van der Waals surface area contributed by atoms with Crippen LogP contribution in [-0.2, 0) is 16.4 Å². The maximum atomic E-state index is 11.5. The van der Waals surface area contributed by atoms with Crippen molar-refractivity contribution in [2.45, 2.75) is 6.42 Å². The predicted molar refractivity (Wildman–Crippen MR) is 139 cm³/mol. The highest BCUT2D eigenvalue weighted by Gasteiger charge is 2.07. The topological polar surface area (TPSA) is 117 Å². The van der Waals surface area contributed by atoms with Crippen molar-refractivity contribution in [3.63, 3.8) is 0 Å². The molecule has 4 aromatic rings. The van der Waals surface area contributed by atoms with E-state index in [0.29, 0.717) is 28.4 Å². The second kappa shape index (κ2) is 9.87. The lowest BCUT2D eigenvalue weighted by molar-refractivity contribution is 0.480. The number of fused-ring (bicyclic) bond motifs is 1. The molecule has 0 aliphatic heterocycles. The van der Waals surface area contributed by atoms with Crippen LogP contribution in [0.1, 0.15) is 16.7 Å². The van der Waals surface area contributed by atoms with Crippen LogP contribution in [0.5, 0.6) is 5.75 Å². The number of hydrogen-bond donors (Lipinski definition) is 4. The summed E-state index contributed by atoms with van der Waals surface area (Å²) < 4.78 is 26.3. The molecule has 34 heavy (non-hydrogen) atoms. The van der Waals surface area contributed by atoms with E-state index in [2.05, 4.69) is 33.4 Å². The summed E-state index contributed by atoms with van der Waals surface area (Å²) in [5, 5.41) is 14.6. The average Bonchev–Trinajstić information content (AvgIpc) is 3.20.